The van der Waals surface area contributed by atoms with E-state index in [2.05, 4.69) is 15.3 Å². The molecule has 0 saturated heterocycles. The number of methoxy groups -OCH3 is 2. The average molecular weight is 509 g/mol. The van der Waals surface area contributed by atoms with Gasteiger partial charge in [0.2, 0.25) is 0 Å². The molecule has 3 aromatic rings. The fourth-order valence-electron chi connectivity index (χ4n) is 4.15. The summed E-state index contributed by atoms with van der Waals surface area (Å²) in [6.45, 7) is 4.23. The largest absolute Gasteiger partial charge is 0.493 e. The fraction of sp³-hybridized carbons (Fsp3) is 0.440. The smallest absolute Gasteiger partial charge is 0.419 e. The van der Waals surface area contributed by atoms with E-state index in [4.69, 9.17) is 19.9 Å². The van der Waals surface area contributed by atoms with Gasteiger partial charge in [-0.1, -0.05) is 0 Å². The Bertz CT molecular complexity index is 1280. The van der Waals surface area contributed by atoms with E-state index in [1.54, 1.807) is 26.2 Å². The number of nitrogens with two attached hydrogens (primary N) is 1. The molecular formula is C25H28F4N4O3. The molecular weight excluding hydrogens is 480 g/mol. The number of nitrogens with one attached hydrogen (secondary N) is 1. The lowest BCUT2D eigenvalue weighted by molar-refractivity contribution is -0.140. The third-order valence-electron chi connectivity index (χ3n) is 6.28. The van der Waals surface area contributed by atoms with Crippen LogP contribution in [0.2, 0.25) is 0 Å². The molecule has 0 amide bonds. The average Bonchev–Trinajstić information content (AvgIpc) is 3.57. The molecule has 1 aliphatic rings. The molecule has 0 spiro atoms. The maximum Gasteiger partial charge on any atom is 0.419 e. The number of halogens is 4. The first-order chi connectivity index (χ1) is 17.0. The maximum atomic E-state index is 14.8. The molecule has 1 heterocycles. The lowest BCUT2D eigenvalue weighted by atomic mass is 10.0. The highest BCUT2D eigenvalue weighted by atomic mass is 19.4. The summed E-state index contributed by atoms with van der Waals surface area (Å²) in [4.78, 5) is 8.87. The van der Waals surface area contributed by atoms with E-state index in [-0.39, 0.29) is 16.7 Å². The van der Waals surface area contributed by atoms with E-state index in [0.29, 0.717) is 53.3 Å². The number of fused-ring (bicyclic) bond motifs is 1. The van der Waals surface area contributed by atoms with Crippen LogP contribution < -0.4 is 20.5 Å². The molecule has 194 valence electrons. The minimum absolute atomic E-state index is 0.0327. The monoisotopic (exact) mass is 508 g/mol. The molecule has 11 heteroatoms. The molecule has 1 fully saturated rings. The van der Waals surface area contributed by atoms with E-state index in [9.17, 15) is 17.6 Å². The minimum Gasteiger partial charge on any atom is -0.493 e. The molecule has 0 bridgehead atoms. The van der Waals surface area contributed by atoms with Gasteiger partial charge in [-0.15, -0.1) is 0 Å². The number of anilines is 2. The van der Waals surface area contributed by atoms with Crippen molar-refractivity contribution in [2.24, 2.45) is 5.41 Å². The molecule has 1 aromatic heterocycles. The maximum absolute atomic E-state index is 14.8. The van der Waals surface area contributed by atoms with Gasteiger partial charge in [0.25, 0.3) is 0 Å². The molecule has 3 N–H and O–H groups in total. The van der Waals surface area contributed by atoms with E-state index in [1.165, 1.54) is 20.1 Å². The third-order valence-corrected chi connectivity index (χ3v) is 6.28. The molecule has 0 unspecified atom stereocenters. The van der Waals surface area contributed by atoms with E-state index < -0.39 is 23.6 Å². The van der Waals surface area contributed by atoms with Crippen molar-refractivity contribution < 1.29 is 31.8 Å². The zero-order valence-corrected chi connectivity index (χ0v) is 20.4. The second kappa shape index (κ2) is 9.61. The predicted molar refractivity (Wildman–Crippen MR) is 128 cm³/mol. The third kappa shape index (κ3) is 5.25. The van der Waals surface area contributed by atoms with Crippen molar-refractivity contribution in [1.82, 2.24) is 9.97 Å². The number of hydrogen-bond donors (Lipinski definition) is 2. The molecule has 0 aliphatic heterocycles. The van der Waals surface area contributed by atoms with E-state index in [1.807, 2.05) is 0 Å². The topological polar surface area (TPSA) is 91.5 Å². The second-order valence-corrected chi connectivity index (χ2v) is 9.20. The highest BCUT2D eigenvalue weighted by Gasteiger charge is 2.44. The summed E-state index contributed by atoms with van der Waals surface area (Å²) in [5.74, 6) is 0.278. The standard InChI is InChI=1S/C25H28F4N4O3/c1-13(16-7-15(30)8-18(22(16)26)25(27,28)29)31-23-17-9-21(36-12-24(5-6-24)11-34-3)20(35-4)10-19(17)32-14(2)33-23/h7-10,13H,5-6,11-12,30H2,1-4H3,(H,31,32,33)/t13-/m1/s1. The Morgan fingerprint density at radius 1 is 1.08 bits per heavy atom. The van der Waals surface area contributed by atoms with Crippen molar-refractivity contribution in [3.8, 4) is 11.5 Å². The van der Waals surface area contributed by atoms with Gasteiger partial charge in [-0.05, 0) is 44.9 Å². The molecule has 1 atom stereocenters. The number of aryl methyl sites for hydroxylation is 1. The highest BCUT2D eigenvalue weighted by molar-refractivity contribution is 5.92. The van der Waals surface area contributed by atoms with Crippen molar-refractivity contribution in [2.45, 2.75) is 38.9 Å². The zero-order valence-electron chi connectivity index (χ0n) is 20.4. The summed E-state index contributed by atoms with van der Waals surface area (Å²) in [6.07, 6.45) is -2.89. The zero-order chi connectivity index (χ0) is 26.3. The Hall–Kier alpha value is -3.34. The number of ether oxygens (including phenoxy) is 3. The van der Waals surface area contributed by atoms with Crippen LogP contribution in [0.25, 0.3) is 10.9 Å². The van der Waals surface area contributed by atoms with Gasteiger partial charge in [0.15, 0.2) is 11.5 Å². The van der Waals surface area contributed by atoms with Crippen LogP contribution in [0.5, 0.6) is 11.5 Å². The summed E-state index contributed by atoms with van der Waals surface area (Å²) in [7, 11) is 3.17. The second-order valence-electron chi connectivity index (χ2n) is 9.20. The Balaban J connectivity index is 1.70. The summed E-state index contributed by atoms with van der Waals surface area (Å²) < 4.78 is 71.7. The number of alkyl halides is 3. The van der Waals surface area contributed by atoms with Crippen LogP contribution in [-0.4, -0.2) is 37.4 Å². The van der Waals surface area contributed by atoms with Gasteiger partial charge in [-0.2, -0.15) is 13.2 Å². The van der Waals surface area contributed by atoms with Crippen LogP contribution in [0.1, 0.15) is 42.8 Å². The van der Waals surface area contributed by atoms with Crippen LogP contribution >= 0.6 is 0 Å². The van der Waals surface area contributed by atoms with E-state index in [0.717, 1.165) is 12.8 Å². The molecule has 1 saturated carbocycles. The molecule has 2 aromatic carbocycles. The Morgan fingerprint density at radius 3 is 2.42 bits per heavy atom. The van der Waals surface area contributed by atoms with Gasteiger partial charge >= 0.3 is 6.18 Å². The predicted octanol–water partition coefficient (Wildman–Crippen LogP) is 5.67. The Labute approximate surface area is 206 Å². The van der Waals surface area contributed by atoms with Crippen LogP contribution in [0, 0.1) is 18.2 Å². The first-order valence-corrected chi connectivity index (χ1v) is 11.4. The van der Waals surface area contributed by atoms with Crippen LogP contribution in [0.15, 0.2) is 24.3 Å². The first-order valence-electron chi connectivity index (χ1n) is 11.4. The van der Waals surface area contributed by atoms with Gasteiger partial charge in [0.05, 0.1) is 37.4 Å². The van der Waals surface area contributed by atoms with Crippen molar-refractivity contribution in [3.05, 3.63) is 47.0 Å². The van der Waals surface area contributed by atoms with Gasteiger partial charge in [-0.3, -0.25) is 0 Å². The fourth-order valence-corrected chi connectivity index (χ4v) is 4.15. The van der Waals surface area contributed by atoms with Crippen molar-refractivity contribution in [3.63, 3.8) is 0 Å². The van der Waals surface area contributed by atoms with E-state index >= 15 is 0 Å². The Morgan fingerprint density at radius 2 is 1.81 bits per heavy atom. The molecule has 1 aliphatic carbocycles. The lowest BCUT2D eigenvalue weighted by Gasteiger charge is -2.21. The number of aromatic nitrogens is 2. The molecule has 4 rings (SSSR count). The molecule has 36 heavy (non-hydrogen) atoms. The van der Waals surface area contributed by atoms with Crippen LogP contribution in [0.3, 0.4) is 0 Å². The number of hydrogen-bond acceptors (Lipinski definition) is 7. The van der Waals surface area contributed by atoms with Gasteiger partial charge < -0.3 is 25.3 Å². The van der Waals surface area contributed by atoms with Gasteiger partial charge in [0.1, 0.15) is 17.5 Å². The summed E-state index contributed by atoms with van der Waals surface area (Å²) >= 11 is 0. The van der Waals surface area contributed by atoms with Gasteiger partial charge in [-0.25, -0.2) is 14.4 Å². The lowest BCUT2D eigenvalue weighted by Crippen LogP contribution is -2.19. The van der Waals surface area contributed by atoms with Crippen molar-refractivity contribution >= 4 is 22.4 Å². The van der Waals surface area contributed by atoms with Crippen LogP contribution in [0.4, 0.5) is 29.1 Å². The number of nitrogen functional groups attached to an aromatic ring is 1. The number of nitrogens with zero attached hydrogens (tertiary/aromatic N) is 2. The van der Waals surface area contributed by atoms with Crippen molar-refractivity contribution in [2.75, 3.05) is 38.5 Å². The summed E-state index contributed by atoms with van der Waals surface area (Å²) in [5, 5.41) is 3.57. The normalized spacial score (nSPS) is 15.6. The highest BCUT2D eigenvalue weighted by Crippen LogP contribution is 2.47. The minimum atomic E-state index is -4.88. The summed E-state index contributed by atoms with van der Waals surface area (Å²) in [6, 6.07) is 4.29. The Kier molecular flexibility index (Phi) is 6.87. The molecule has 0 radical (unpaired) electrons. The van der Waals surface area contributed by atoms with Gasteiger partial charge in [0, 0.05) is 35.2 Å². The SMILES string of the molecule is COCC1(COc2cc3c(N[C@H](C)c4cc(N)cc(C(F)(F)F)c4F)nc(C)nc3cc2OC)CC1. The summed E-state index contributed by atoms with van der Waals surface area (Å²) in [5.41, 5.74) is 4.32. The first kappa shape index (κ1) is 25.7. The molecule has 7 nitrogen and oxygen atoms in total. The number of rotatable bonds is 9. The van der Waals surface area contributed by atoms with Crippen molar-refractivity contribution in [1.29, 1.82) is 0 Å². The quantitative estimate of drug-likeness (QED) is 0.284. The number of benzene rings is 2. The van der Waals surface area contributed by atoms with Crippen LogP contribution in [-0.2, 0) is 10.9 Å².